The van der Waals surface area contributed by atoms with Gasteiger partial charge in [-0.3, -0.25) is 4.72 Å². The molecule has 0 atom stereocenters. The number of hydrogen-bond donors (Lipinski definition) is 1. The van der Waals surface area contributed by atoms with Gasteiger partial charge in [0.2, 0.25) is 5.95 Å². The quantitative estimate of drug-likeness (QED) is 0.822. The molecule has 1 aromatic carbocycles. The van der Waals surface area contributed by atoms with E-state index < -0.39 is 10.0 Å². The van der Waals surface area contributed by atoms with Crippen LogP contribution in [0, 0.1) is 13.8 Å². The van der Waals surface area contributed by atoms with Crippen LogP contribution < -0.4 is 19.3 Å². The lowest BCUT2D eigenvalue weighted by molar-refractivity contribution is 0.411. The molecule has 0 aliphatic rings. The maximum atomic E-state index is 12.9. The molecule has 0 aliphatic heterocycles. The number of hydrogen-bond acceptors (Lipinski definition) is 7. The summed E-state index contributed by atoms with van der Waals surface area (Å²) in [7, 11) is 4.98. The van der Waals surface area contributed by atoms with E-state index in [1.807, 2.05) is 21.0 Å². The summed E-state index contributed by atoms with van der Waals surface area (Å²) in [6.45, 7) is 3.58. The summed E-state index contributed by atoms with van der Waals surface area (Å²) in [6.07, 6.45) is 1.47. The number of anilines is 3. The number of aromatic nitrogens is 2. The van der Waals surface area contributed by atoms with E-state index in [0.717, 1.165) is 5.56 Å². The van der Waals surface area contributed by atoms with Gasteiger partial charge in [0.15, 0.2) is 5.82 Å². The third-order valence-electron chi connectivity index (χ3n) is 4.02. The second-order valence-electron chi connectivity index (χ2n) is 6.32. The van der Waals surface area contributed by atoms with E-state index in [0.29, 0.717) is 28.8 Å². The fourth-order valence-electron chi connectivity index (χ4n) is 2.48. The molecule has 0 bridgehead atoms. The van der Waals surface area contributed by atoms with Gasteiger partial charge in [0, 0.05) is 28.2 Å². The zero-order valence-corrected chi connectivity index (χ0v) is 17.0. The molecule has 142 valence electrons. The number of methoxy groups -OCH3 is 1. The predicted octanol–water partition coefficient (Wildman–Crippen LogP) is 2.03. The molecule has 26 heavy (non-hydrogen) atoms. The van der Waals surface area contributed by atoms with Crippen molar-refractivity contribution in [2.45, 2.75) is 18.7 Å². The Bertz CT molecular complexity index is 911. The molecule has 0 unspecified atom stereocenters. The van der Waals surface area contributed by atoms with Crippen molar-refractivity contribution in [2.24, 2.45) is 0 Å². The maximum absolute atomic E-state index is 12.9. The van der Waals surface area contributed by atoms with Gasteiger partial charge >= 0.3 is 0 Å². The third-order valence-corrected chi connectivity index (χ3v) is 5.53. The lowest BCUT2D eigenvalue weighted by atomic mass is 10.1. The van der Waals surface area contributed by atoms with Gasteiger partial charge in [0.1, 0.15) is 11.4 Å². The maximum Gasteiger partial charge on any atom is 0.262 e. The molecule has 0 saturated heterocycles. The van der Waals surface area contributed by atoms with Crippen LogP contribution in [0.5, 0.6) is 5.75 Å². The van der Waals surface area contributed by atoms with Crippen LogP contribution in [0.15, 0.2) is 23.2 Å². The van der Waals surface area contributed by atoms with Gasteiger partial charge in [0.25, 0.3) is 10.0 Å². The molecule has 1 N–H and O–H groups in total. The van der Waals surface area contributed by atoms with Gasteiger partial charge in [-0.25, -0.2) is 13.4 Å². The molecule has 1 aromatic heterocycles. The molecule has 0 fully saturated rings. The van der Waals surface area contributed by atoms with Crippen molar-refractivity contribution in [3.05, 3.63) is 29.5 Å². The molecule has 8 nitrogen and oxygen atoms in total. The van der Waals surface area contributed by atoms with Gasteiger partial charge in [0.05, 0.1) is 18.2 Å². The summed E-state index contributed by atoms with van der Waals surface area (Å²) >= 11 is 0. The summed E-state index contributed by atoms with van der Waals surface area (Å²) in [5.74, 6) is 1.62. The molecule has 0 saturated carbocycles. The van der Waals surface area contributed by atoms with Crippen molar-refractivity contribution in [1.82, 2.24) is 9.97 Å². The highest BCUT2D eigenvalue weighted by Gasteiger charge is 2.22. The normalized spacial score (nSPS) is 11.2. The average molecular weight is 379 g/mol. The van der Waals surface area contributed by atoms with E-state index in [-0.39, 0.29) is 4.90 Å². The molecule has 2 aromatic rings. The largest absolute Gasteiger partial charge is 0.496 e. The Morgan fingerprint density at radius 1 is 1.04 bits per heavy atom. The summed E-state index contributed by atoms with van der Waals surface area (Å²) in [5.41, 5.74) is 1.73. The van der Waals surface area contributed by atoms with Crippen molar-refractivity contribution in [3.63, 3.8) is 0 Å². The number of nitrogens with zero attached hydrogens (tertiary/aromatic N) is 4. The van der Waals surface area contributed by atoms with Gasteiger partial charge in [-0.05, 0) is 37.1 Å². The van der Waals surface area contributed by atoms with E-state index in [1.54, 1.807) is 44.0 Å². The Morgan fingerprint density at radius 3 is 2.23 bits per heavy atom. The molecule has 9 heteroatoms. The number of sulfonamides is 1. The Balaban J connectivity index is 2.49. The number of nitrogens with one attached hydrogen (secondary N) is 1. The van der Waals surface area contributed by atoms with Crippen LogP contribution in [0.4, 0.5) is 17.5 Å². The minimum Gasteiger partial charge on any atom is -0.496 e. The van der Waals surface area contributed by atoms with Crippen LogP contribution in [-0.4, -0.2) is 53.7 Å². The molecule has 2 rings (SSSR count). The zero-order valence-electron chi connectivity index (χ0n) is 16.2. The highest BCUT2D eigenvalue weighted by molar-refractivity contribution is 7.92. The average Bonchev–Trinajstić information content (AvgIpc) is 2.56. The van der Waals surface area contributed by atoms with Gasteiger partial charge in [-0.15, -0.1) is 0 Å². The fourth-order valence-corrected chi connectivity index (χ4v) is 3.82. The SMILES string of the molecule is COc1ccc(S(=O)(=O)Nc2cnc(N(C)C)nc2N(C)C)c(C)c1C. The van der Waals surface area contributed by atoms with Crippen LogP contribution in [0.25, 0.3) is 0 Å². The van der Waals surface area contributed by atoms with Gasteiger partial charge in [-0.1, -0.05) is 0 Å². The van der Waals surface area contributed by atoms with Crippen molar-refractivity contribution in [1.29, 1.82) is 0 Å². The minimum absolute atomic E-state index is 0.192. The molecule has 1 heterocycles. The summed E-state index contributed by atoms with van der Waals surface area (Å²) in [5, 5.41) is 0. The lowest BCUT2D eigenvalue weighted by Gasteiger charge is -2.20. The minimum atomic E-state index is -3.81. The second kappa shape index (κ2) is 7.36. The molecular weight excluding hydrogens is 354 g/mol. The van der Waals surface area contributed by atoms with E-state index in [2.05, 4.69) is 14.7 Å². The predicted molar refractivity (Wildman–Crippen MR) is 104 cm³/mol. The van der Waals surface area contributed by atoms with Crippen molar-refractivity contribution in [2.75, 3.05) is 49.8 Å². The van der Waals surface area contributed by atoms with E-state index in [1.165, 1.54) is 12.3 Å². The van der Waals surface area contributed by atoms with Crippen molar-refractivity contribution < 1.29 is 13.2 Å². The fraction of sp³-hybridized carbons (Fsp3) is 0.412. The van der Waals surface area contributed by atoms with Crippen LogP contribution >= 0.6 is 0 Å². The first-order valence-electron chi connectivity index (χ1n) is 7.97. The summed E-state index contributed by atoms with van der Waals surface area (Å²) in [4.78, 5) is 12.3. The standard InChI is InChI=1S/C17H25N5O3S/c1-11-12(2)15(9-8-14(11)25-7)26(23,24)20-13-10-18-17(22(5)6)19-16(13)21(3)4/h8-10,20H,1-7H3. The Hall–Kier alpha value is -2.55. The topological polar surface area (TPSA) is 87.7 Å². The summed E-state index contributed by atoms with van der Waals surface area (Å²) < 4.78 is 33.7. The second-order valence-corrected chi connectivity index (χ2v) is 7.97. The van der Waals surface area contributed by atoms with Crippen LogP contribution in [0.2, 0.25) is 0 Å². The smallest absolute Gasteiger partial charge is 0.262 e. The Morgan fingerprint density at radius 2 is 1.69 bits per heavy atom. The van der Waals surface area contributed by atoms with Gasteiger partial charge < -0.3 is 14.5 Å². The monoisotopic (exact) mass is 379 g/mol. The Kier molecular flexibility index (Phi) is 5.60. The highest BCUT2D eigenvalue weighted by atomic mass is 32.2. The lowest BCUT2D eigenvalue weighted by Crippen LogP contribution is -2.21. The van der Waals surface area contributed by atoms with E-state index >= 15 is 0 Å². The first-order valence-corrected chi connectivity index (χ1v) is 9.45. The number of benzene rings is 1. The Labute approximate surface area is 154 Å². The number of ether oxygens (including phenoxy) is 1. The van der Waals surface area contributed by atoms with Crippen LogP contribution in [0.3, 0.4) is 0 Å². The van der Waals surface area contributed by atoms with Crippen molar-refractivity contribution >= 4 is 27.5 Å². The summed E-state index contributed by atoms with van der Waals surface area (Å²) in [6, 6.07) is 3.18. The third kappa shape index (κ3) is 3.82. The van der Waals surface area contributed by atoms with Crippen LogP contribution in [0.1, 0.15) is 11.1 Å². The molecule has 0 radical (unpaired) electrons. The van der Waals surface area contributed by atoms with E-state index in [4.69, 9.17) is 4.74 Å². The molecular formula is C17H25N5O3S. The van der Waals surface area contributed by atoms with Crippen molar-refractivity contribution in [3.8, 4) is 5.75 Å². The zero-order chi connectivity index (χ0) is 19.6. The van der Waals surface area contributed by atoms with Gasteiger partial charge in [-0.2, -0.15) is 4.98 Å². The van der Waals surface area contributed by atoms with E-state index in [9.17, 15) is 8.42 Å². The molecule has 0 amide bonds. The molecule has 0 aliphatic carbocycles. The molecule has 0 spiro atoms. The highest BCUT2D eigenvalue weighted by Crippen LogP contribution is 2.30. The first kappa shape index (κ1) is 19.8. The van der Waals surface area contributed by atoms with Crippen LogP contribution in [-0.2, 0) is 10.0 Å². The first-order chi connectivity index (χ1) is 12.1. The number of rotatable bonds is 6.